The second-order valence-electron chi connectivity index (χ2n) is 5.51. The van der Waals surface area contributed by atoms with Gasteiger partial charge in [0.25, 0.3) is 0 Å². The van der Waals surface area contributed by atoms with Crippen LogP contribution in [0, 0.1) is 0 Å². The van der Waals surface area contributed by atoms with Gasteiger partial charge in [0.1, 0.15) is 5.16 Å². The van der Waals surface area contributed by atoms with Gasteiger partial charge in [-0.1, -0.05) is 31.2 Å². The standard InChI is InChI=1S/C18H23ClN4O3S/c1-6-17(12(3)22-14(5)19)23-18(13(4)24)21-10-15-8-9-16(11-20-15)27(25,26)7-2/h6,8-9,11H,5,7,10H2,1-4H3,(H,21,23)/b17-6+,22-12?. The second-order valence-corrected chi connectivity index (χ2v) is 8.23. The summed E-state index contributed by atoms with van der Waals surface area (Å²) in [5, 5.41) is 3.06. The molecule has 0 aliphatic carbocycles. The number of nitrogens with zero attached hydrogens (tertiary/aromatic N) is 3. The van der Waals surface area contributed by atoms with Gasteiger partial charge in [-0.05, 0) is 26.0 Å². The van der Waals surface area contributed by atoms with E-state index in [1.165, 1.54) is 19.2 Å². The van der Waals surface area contributed by atoms with Crippen molar-refractivity contribution >= 4 is 38.8 Å². The fourth-order valence-electron chi connectivity index (χ4n) is 2.00. The lowest BCUT2D eigenvalue weighted by molar-refractivity contribution is -0.111. The Morgan fingerprint density at radius 2 is 2.04 bits per heavy atom. The van der Waals surface area contributed by atoms with Gasteiger partial charge in [0.2, 0.25) is 0 Å². The molecular weight excluding hydrogens is 388 g/mol. The molecule has 27 heavy (non-hydrogen) atoms. The molecule has 9 heteroatoms. The topological polar surface area (TPSA) is 101 Å². The molecule has 0 bridgehead atoms. The number of sulfone groups is 1. The molecule has 0 aromatic carbocycles. The monoisotopic (exact) mass is 410 g/mol. The minimum Gasteiger partial charge on any atom is -0.336 e. The predicted octanol–water partition coefficient (Wildman–Crippen LogP) is 3.03. The van der Waals surface area contributed by atoms with E-state index in [0.29, 0.717) is 17.1 Å². The SMILES string of the molecule is C=C(Cl)N=C(C)/C(=C\C)NC(=NCc1ccc(S(=O)(=O)CC)cn1)C(C)=O. The van der Waals surface area contributed by atoms with Crippen molar-refractivity contribution in [3.05, 3.63) is 47.5 Å². The van der Waals surface area contributed by atoms with Gasteiger partial charge in [0.15, 0.2) is 21.5 Å². The van der Waals surface area contributed by atoms with Gasteiger partial charge in [-0.3, -0.25) is 14.8 Å². The lowest BCUT2D eigenvalue weighted by Crippen LogP contribution is -2.32. The van der Waals surface area contributed by atoms with Crippen LogP contribution in [0.25, 0.3) is 0 Å². The first-order valence-corrected chi connectivity index (χ1v) is 10.2. The zero-order chi connectivity index (χ0) is 20.6. The van der Waals surface area contributed by atoms with Crippen LogP contribution in [0.15, 0.2) is 56.7 Å². The minimum absolute atomic E-state index is 0.00629. The Balaban J connectivity index is 3.00. The molecule has 0 aliphatic rings. The molecule has 1 aromatic heterocycles. The van der Waals surface area contributed by atoms with Gasteiger partial charge in [0.05, 0.1) is 34.3 Å². The summed E-state index contributed by atoms with van der Waals surface area (Å²) in [6.07, 6.45) is 3.03. The molecule has 7 nitrogen and oxygen atoms in total. The number of Topliss-reactive ketones (excluding diaryl/α,β-unsaturated/α-hetero) is 1. The Bertz CT molecular complexity index is 901. The summed E-state index contributed by atoms with van der Waals surface area (Å²) in [6.45, 7) is 10.1. The van der Waals surface area contributed by atoms with Crippen LogP contribution in [0.4, 0.5) is 0 Å². The summed E-state index contributed by atoms with van der Waals surface area (Å²) in [5.74, 6) is -0.131. The molecule has 0 spiro atoms. The van der Waals surface area contributed by atoms with E-state index < -0.39 is 9.84 Å². The zero-order valence-electron chi connectivity index (χ0n) is 15.8. The van der Waals surface area contributed by atoms with Crippen LogP contribution in [0.1, 0.15) is 33.4 Å². The highest BCUT2D eigenvalue weighted by Gasteiger charge is 2.13. The first kappa shape index (κ1) is 22.7. The number of nitrogens with one attached hydrogen (secondary N) is 1. The Kier molecular flexibility index (Phi) is 8.52. The molecule has 0 unspecified atom stereocenters. The Morgan fingerprint density at radius 1 is 1.37 bits per heavy atom. The van der Waals surface area contributed by atoms with E-state index in [2.05, 4.69) is 26.9 Å². The summed E-state index contributed by atoms with van der Waals surface area (Å²) in [7, 11) is -3.30. The van der Waals surface area contributed by atoms with Crippen molar-refractivity contribution in [1.29, 1.82) is 0 Å². The fraction of sp³-hybridized carbons (Fsp3) is 0.333. The number of aromatic nitrogens is 1. The number of allylic oxidation sites excluding steroid dienone is 2. The number of rotatable bonds is 8. The predicted molar refractivity (Wildman–Crippen MR) is 109 cm³/mol. The first-order chi connectivity index (χ1) is 12.6. The number of pyridine rings is 1. The van der Waals surface area contributed by atoms with Crippen LogP contribution in [-0.4, -0.2) is 36.5 Å². The Morgan fingerprint density at radius 3 is 2.48 bits per heavy atom. The number of ketones is 1. The van der Waals surface area contributed by atoms with Crippen molar-refractivity contribution in [3.63, 3.8) is 0 Å². The number of hydrogen-bond acceptors (Lipinski definition) is 6. The largest absolute Gasteiger partial charge is 0.336 e. The second kappa shape index (κ2) is 10.1. The van der Waals surface area contributed by atoms with Gasteiger partial charge in [-0.15, -0.1) is 0 Å². The lowest BCUT2D eigenvalue weighted by Gasteiger charge is -2.11. The summed E-state index contributed by atoms with van der Waals surface area (Å²) in [6, 6.07) is 3.06. The summed E-state index contributed by atoms with van der Waals surface area (Å²) < 4.78 is 23.6. The van der Waals surface area contributed by atoms with Crippen LogP contribution in [-0.2, 0) is 21.2 Å². The van der Waals surface area contributed by atoms with E-state index in [1.54, 1.807) is 32.9 Å². The third kappa shape index (κ3) is 7.07. The third-order valence-electron chi connectivity index (χ3n) is 3.49. The maximum atomic E-state index is 11.9. The van der Waals surface area contributed by atoms with Crippen molar-refractivity contribution < 1.29 is 13.2 Å². The highest BCUT2D eigenvalue weighted by atomic mass is 35.5. The molecule has 0 saturated carbocycles. The molecule has 1 rings (SSSR count). The van der Waals surface area contributed by atoms with Crippen LogP contribution >= 0.6 is 11.6 Å². The molecule has 1 aromatic rings. The molecule has 146 valence electrons. The number of aliphatic imine (C=N–C) groups is 2. The average Bonchev–Trinajstić information content (AvgIpc) is 2.61. The van der Waals surface area contributed by atoms with Crippen LogP contribution in [0.3, 0.4) is 0 Å². The van der Waals surface area contributed by atoms with Gasteiger partial charge in [-0.2, -0.15) is 0 Å². The maximum absolute atomic E-state index is 11.9. The summed E-state index contributed by atoms with van der Waals surface area (Å²) >= 11 is 5.68. The molecule has 0 fully saturated rings. The number of carbonyl (C=O) groups is 1. The molecule has 0 amide bonds. The van der Waals surface area contributed by atoms with Crippen molar-refractivity contribution in [2.24, 2.45) is 9.98 Å². The highest BCUT2D eigenvalue weighted by Crippen LogP contribution is 2.10. The number of hydrogen-bond donors (Lipinski definition) is 1. The summed E-state index contributed by atoms with van der Waals surface area (Å²) in [4.78, 5) is 24.4. The molecule has 0 radical (unpaired) electrons. The van der Waals surface area contributed by atoms with Crippen molar-refractivity contribution in [2.75, 3.05) is 5.75 Å². The summed E-state index contributed by atoms with van der Waals surface area (Å²) in [5.41, 5.74) is 1.66. The van der Waals surface area contributed by atoms with E-state index in [-0.39, 0.29) is 34.0 Å². The lowest BCUT2D eigenvalue weighted by atomic mass is 10.2. The van der Waals surface area contributed by atoms with E-state index in [4.69, 9.17) is 11.6 Å². The number of halogens is 1. The molecule has 0 saturated heterocycles. The van der Waals surface area contributed by atoms with Gasteiger partial charge in [0, 0.05) is 13.1 Å². The molecule has 1 N–H and O–H groups in total. The third-order valence-corrected chi connectivity index (χ3v) is 5.29. The fourth-order valence-corrected chi connectivity index (χ4v) is 2.94. The Hall–Kier alpha value is -2.32. The normalized spacial score (nSPS) is 13.4. The first-order valence-electron chi connectivity index (χ1n) is 8.17. The van der Waals surface area contributed by atoms with Crippen molar-refractivity contribution in [2.45, 2.75) is 39.1 Å². The quantitative estimate of drug-likeness (QED) is 0.403. The van der Waals surface area contributed by atoms with Crippen molar-refractivity contribution in [3.8, 4) is 0 Å². The minimum atomic E-state index is -3.30. The average molecular weight is 411 g/mol. The molecule has 0 aliphatic heterocycles. The highest BCUT2D eigenvalue weighted by molar-refractivity contribution is 7.91. The molecule has 1 heterocycles. The molecular formula is C18H23ClN4O3S. The van der Waals surface area contributed by atoms with E-state index in [1.807, 2.05) is 0 Å². The molecule has 0 atom stereocenters. The van der Waals surface area contributed by atoms with Crippen LogP contribution in [0.2, 0.25) is 0 Å². The Labute approximate surface area is 164 Å². The van der Waals surface area contributed by atoms with Crippen molar-refractivity contribution in [1.82, 2.24) is 10.3 Å². The van der Waals surface area contributed by atoms with Crippen LogP contribution < -0.4 is 5.32 Å². The van der Waals surface area contributed by atoms with Crippen LogP contribution in [0.5, 0.6) is 0 Å². The van der Waals surface area contributed by atoms with E-state index in [9.17, 15) is 13.2 Å². The number of amidine groups is 1. The van der Waals surface area contributed by atoms with Gasteiger partial charge < -0.3 is 5.32 Å². The van der Waals surface area contributed by atoms with Gasteiger partial charge >= 0.3 is 0 Å². The zero-order valence-corrected chi connectivity index (χ0v) is 17.4. The maximum Gasteiger partial charge on any atom is 0.194 e. The van der Waals surface area contributed by atoms with E-state index >= 15 is 0 Å². The van der Waals surface area contributed by atoms with E-state index in [0.717, 1.165) is 0 Å². The van der Waals surface area contributed by atoms with Gasteiger partial charge in [-0.25, -0.2) is 13.4 Å². The smallest absolute Gasteiger partial charge is 0.194 e. The number of carbonyl (C=O) groups excluding carboxylic acids is 1.